The third-order valence-corrected chi connectivity index (χ3v) is 3.57. The number of Topliss-reactive ketones (excluding diaryl/α,β-unsaturated/α-hetero) is 2. The van der Waals surface area contributed by atoms with Crippen molar-refractivity contribution in [3.05, 3.63) is 45.9 Å². The number of hydrogen-bond acceptors (Lipinski definition) is 4. The minimum atomic E-state index is -4.69. The Morgan fingerprint density at radius 3 is 1.89 bits per heavy atom. The van der Waals surface area contributed by atoms with Crippen molar-refractivity contribution in [3.8, 4) is 0 Å². The molecule has 1 aliphatic carbocycles. The third-order valence-electron chi connectivity index (χ3n) is 2.56. The van der Waals surface area contributed by atoms with Crippen LogP contribution >= 0.6 is 0 Å². The fourth-order valence-corrected chi connectivity index (χ4v) is 2.61. The second-order valence-electron chi connectivity index (χ2n) is 3.63. The minimum absolute atomic E-state index is 0. The molecule has 1 N–H and O–H groups in total. The summed E-state index contributed by atoms with van der Waals surface area (Å²) in [7, 11) is -4.69. The van der Waals surface area contributed by atoms with Gasteiger partial charge in [0.2, 0.25) is 5.78 Å². The van der Waals surface area contributed by atoms with Gasteiger partial charge in [0.15, 0.2) is 5.78 Å². The molecule has 0 saturated heterocycles. The summed E-state index contributed by atoms with van der Waals surface area (Å²) in [4.78, 5) is 22.9. The number of hydrogen-bond donors (Lipinski definition) is 1. The summed E-state index contributed by atoms with van der Waals surface area (Å²) in [5.74, 6) is -1.41. The Morgan fingerprint density at radius 2 is 1.44 bits per heavy atom. The zero-order valence-electron chi connectivity index (χ0n) is 9.80. The van der Waals surface area contributed by atoms with Crippen LogP contribution in [0.4, 0.5) is 0 Å². The molecule has 0 aromatic heterocycles. The maximum absolute atomic E-state index is 11.9. The number of benzene rings is 1. The van der Waals surface area contributed by atoms with E-state index in [2.05, 4.69) is 0 Å². The van der Waals surface area contributed by atoms with E-state index in [0.717, 1.165) is 0 Å². The van der Waals surface area contributed by atoms with Gasteiger partial charge in [0.05, 0.1) is 0 Å². The molecule has 0 fully saturated rings. The van der Waals surface area contributed by atoms with Gasteiger partial charge in [-0.2, -0.15) is 8.42 Å². The number of allylic oxidation sites excluding steroid dienone is 2. The van der Waals surface area contributed by atoms with Gasteiger partial charge in [-0.05, 0) is 6.92 Å². The van der Waals surface area contributed by atoms with Crippen molar-refractivity contribution in [2.75, 3.05) is 0 Å². The first-order chi connectivity index (χ1) is 7.84. The fourth-order valence-electron chi connectivity index (χ4n) is 1.79. The molecule has 0 unspecified atom stereocenters. The van der Waals surface area contributed by atoms with Crippen molar-refractivity contribution in [1.82, 2.24) is 0 Å². The maximum Gasteiger partial charge on any atom is 1.00 e. The van der Waals surface area contributed by atoms with Gasteiger partial charge >= 0.3 is 51.4 Å². The summed E-state index contributed by atoms with van der Waals surface area (Å²) in [5.41, 5.74) is -0.102. The molecule has 18 heavy (non-hydrogen) atoms. The molecule has 5 nitrogen and oxygen atoms in total. The van der Waals surface area contributed by atoms with Gasteiger partial charge in [0, 0.05) is 16.7 Å². The van der Waals surface area contributed by atoms with Gasteiger partial charge in [-0.3, -0.25) is 14.1 Å². The van der Waals surface area contributed by atoms with Gasteiger partial charge in [0.25, 0.3) is 10.1 Å². The summed E-state index contributed by atoms with van der Waals surface area (Å²) in [6.45, 7) is 1.21. The molecule has 0 bridgehead atoms. The van der Waals surface area contributed by atoms with Crippen LogP contribution in [0.25, 0.3) is 0 Å². The van der Waals surface area contributed by atoms with E-state index in [1.165, 1.54) is 25.1 Å². The van der Waals surface area contributed by atoms with Crippen molar-refractivity contribution in [2.45, 2.75) is 6.92 Å². The summed E-state index contributed by atoms with van der Waals surface area (Å²) in [6, 6.07) is 5.90. The van der Waals surface area contributed by atoms with Gasteiger partial charge in [-0.15, -0.1) is 0 Å². The first kappa shape index (κ1) is 15.9. The molecule has 1 aromatic rings. The standard InChI is InChI=1S/C11H8O5S.K/c1-6-9(12)7-4-2-3-5-8(7)10(13)11(6)17(14,15)16;/h2-5H,1H3,(H,14,15,16);/q;+1. The predicted octanol–water partition coefficient (Wildman–Crippen LogP) is -1.77. The quantitative estimate of drug-likeness (QED) is 0.489. The minimum Gasteiger partial charge on any atom is -0.289 e. The topological polar surface area (TPSA) is 88.5 Å². The average molecular weight is 291 g/mol. The van der Waals surface area contributed by atoms with Crippen molar-refractivity contribution < 1.29 is 73.9 Å². The molecule has 0 spiro atoms. The van der Waals surface area contributed by atoms with E-state index >= 15 is 0 Å². The number of carbonyl (C=O) groups is 2. The molecule has 0 atom stereocenters. The van der Waals surface area contributed by atoms with E-state index in [9.17, 15) is 18.0 Å². The van der Waals surface area contributed by atoms with Crippen LogP contribution in [0, 0.1) is 0 Å². The van der Waals surface area contributed by atoms with E-state index in [-0.39, 0.29) is 68.1 Å². The normalized spacial score (nSPS) is 15.2. The number of fused-ring (bicyclic) bond motifs is 1. The summed E-state index contributed by atoms with van der Waals surface area (Å²) in [5, 5.41) is 0. The molecular formula is C11H8KO5S+. The van der Waals surface area contributed by atoms with Gasteiger partial charge in [-0.1, -0.05) is 24.3 Å². The van der Waals surface area contributed by atoms with Crippen LogP contribution in [-0.4, -0.2) is 24.5 Å². The van der Waals surface area contributed by atoms with Crippen LogP contribution in [0.15, 0.2) is 34.7 Å². The first-order valence-electron chi connectivity index (χ1n) is 4.71. The van der Waals surface area contributed by atoms with Crippen molar-refractivity contribution in [2.24, 2.45) is 0 Å². The summed E-state index contributed by atoms with van der Waals surface area (Å²) in [6.07, 6.45) is 0. The molecular weight excluding hydrogens is 283 g/mol. The Balaban J connectivity index is 0.00000162. The second kappa shape index (κ2) is 5.46. The smallest absolute Gasteiger partial charge is 0.289 e. The van der Waals surface area contributed by atoms with Crippen LogP contribution in [0.2, 0.25) is 0 Å². The largest absolute Gasteiger partial charge is 1.00 e. The number of ketones is 2. The summed E-state index contributed by atoms with van der Waals surface area (Å²) < 4.78 is 31.1. The molecule has 0 saturated carbocycles. The molecule has 88 valence electrons. The Morgan fingerprint density at radius 1 is 1.00 bits per heavy atom. The van der Waals surface area contributed by atoms with Crippen molar-refractivity contribution in [1.29, 1.82) is 0 Å². The van der Waals surface area contributed by atoms with Crippen LogP contribution in [0.1, 0.15) is 27.6 Å². The fraction of sp³-hybridized carbons (Fsp3) is 0.0909. The molecule has 0 heterocycles. The molecule has 1 aliphatic rings. The molecule has 1 aromatic carbocycles. The molecule has 7 heteroatoms. The van der Waals surface area contributed by atoms with Crippen LogP contribution in [-0.2, 0) is 10.1 Å². The molecule has 0 aliphatic heterocycles. The zero-order chi connectivity index (χ0) is 12.8. The maximum atomic E-state index is 11.9. The first-order valence-corrected chi connectivity index (χ1v) is 6.15. The zero-order valence-corrected chi connectivity index (χ0v) is 13.7. The van der Waals surface area contributed by atoms with Crippen LogP contribution in [0.3, 0.4) is 0 Å². The predicted molar refractivity (Wildman–Crippen MR) is 59.4 cm³/mol. The second-order valence-corrected chi connectivity index (χ2v) is 4.99. The van der Waals surface area contributed by atoms with E-state index < -0.39 is 26.6 Å². The molecule has 0 radical (unpaired) electrons. The number of rotatable bonds is 1. The van der Waals surface area contributed by atoms with Gasteiger partial charge in [-0.25, -0.2) is 0 Å². The van der Waals surface area contributed by atoms with Crippen molar-refractivity contribution in [3.63, 3.8) is 0 Å². The molecule has 2 rings (SSSR count). The Hall–Kier alpha value is -0.154. The summed E-state index contributed by atoms with van der Waals surface area (Å²) >= 11 is 0. The third kappa shape index (κ3) is 2.57. The van der Waals surface area contributed by atoms with Crippen molar-refractivity contribution >= 4 is 21.7 Å². The monoisotopic (exact) mass is 291 g/mol. The van der Waals surface area contributed by atoms with E-state index in [0.29, 0.717) is 0 Å². The Kier molecular flexibility index (Phi) is 4.82. The molecule has 0 amide bonds. The van der Waals surface area contributed by atoms with Crippen LogP contribution < -0.4 is 51.4 Å². The van der Waals surface area contributed by atoms with E-state index in [4.69, 9.17) is 4.55 Å². The average Bonchev–Trinajstić information content (AvgIpc) is 2.24. The van der Waals surface area contributed by atoms with Crippen LogP contribution in [0.5, 0.6) is 0 Å². The Bertz CT molecular complexity index is 672. The Labute approximate surface area is 146 Å². The van der Waals surface area contributed by atoms with E-state index in [1.54, 1.807) is 6.07 Å². The number of carbonyl (C=O) groups excluding carboxylic acids is 2. The SMILES string of the molecule is CC1=C(S(=O)(=O)O)C(=O)c2ccccc2C1=O.[K+]. The van der Waals surface area contributed by atoms with Gasteiger partial charge < -0.3 is 0 Å². The van der Waals surface area contributed by atoms with E-state index in [1.807, 2.05) is 0 Å². The van der Waals surface area contributed by atoms with Gasteiger partial charge in [0.1, 0.15) is 4.91 Å².